The summed E-state index contributed by atoms with van der Waals surface area (Å²) in [5, 5.41) is 3.25. The van der Waals surface area contributed by atoms with Crippen molar-refractivity contribution in [2.75, 3.05) is 20.1 Å². The van der Waals surface area contributed by atoms with Crippen LogP contribution in [0.1, 0.15) is 36.1 Å². The Morgan fingerprint density at radius 1 is 1.48 bits per heavy atom. The van der Waals surface area contributed by atoms with Crippen LogP contribution in [0, 0.1) is 5.92 Å². The molecule has 1 aromatic heterocycles. The van der Waals surface area contributed by atoms with E-state index in [-0.39, 0.29) is 29.7 Å². The van der Waals surface area contributed by atoms with Gasteiger partial charge in [0.05, 0.1) is 6.54 Å². The molecule has 0 saturated carbocycles. The van der Waals surface area contributed by atoms with Crippen LogP contribution >= 0.6 is 24.0 Å². The fraction of sp³-hybridized carbons (Fsp3) is 0.571. The molecule has 1 saturated heterocycles. The molecule has 0 unspecified atom stereocenters. The van der Waals surface area contributed by atoms with E-state index in [1.165, 1.54) is 12.8 Å². The summed E-state index contributed by atoms with van der Waals surface area (Å²) in [6, 6.07) is 3.34. The van der Waals surface area contributed by atoms with E-state index >= 15 is 0 Å². The Morgan fingerprint density at radius 2 is 2.14 bits per heavy atom. The van der Waals surface area contributed by atoms with Crippen molar-refractivity contribution in [1.82, 2.24) is 10.2 Å². The molecule has 0 atom stereocenters. The van der Waals surface area contributed by atoms with Crippen LogP contribution in [0.3, 0.4) is 0 Å². The molecule has 1 aliphatic heterocycles. The summed E-state index contributed by atoms with van der Waals surface area (Å²) >= 11 is 0. The molecule has 3 N–H and O–H groups in total. The molecule has 0 aliphatic carbocycles. The first kappa shape index (κ1) is 17.8. The second-order valence-corrected chi connectivity index (χ2v) is 5.20. The summed E-state index contributed by atoms with van der Waals surface area (Å²) < 4.78 is 5.33. The standard InChI is InChI=1S/C14H22N4O2.HI/c1-10-5-7-18(8-6-10)14(16-2)17-9-11-3-4-12(20-11)13(15)19;/h3-4,10H,5-9H2,1-2H3,(H2,15,19)(H,16,17);1H. The molecular weight excluding hydrogens is 383 g/mol. The molecule has 1 fully saturated rings. The van der Waals surface area contributed by atoms with Crippen LogP contribution in [0.5, 0.6) is 0 Å². The Balaban J connectivity index is 0.00000220. The van der Waals surface area contributed by atoms with Gasteiger partial charge in [0.1, 0.15) is 5.76 Å². The Kier molecular flexibility index (Phi) is 7.00. The van der Waals surface area contributed by atoms with E-state index < -0.39 is 5.91 Å². The Bertz CT molecular complexity index is 493. The highest BCUT2D eigenvalue weighted by atomic mass is 127. The molecule has 1 aliphatic rings. The first-order valence-corrected chi connectivity index (χ1v) is 6.94. The van der Waals surface area contributed by atoms with Crippen LogP contribution in [0.2, 0.25) is 0 Å². The highest BCUT2D eigenvalue weighted by Crippen LogP contribution is 2.16. The van der Waals surface area contributed by atoms with Crippen molar-refractivity contribution in [3.8, 4) is 0 Å². The predicted octanol–water partition coefficient (Wildman–Crippen LogP) is 1.80. The summed E-state index contributed by atoms with van der Waals surface area (Å²) in [4.78, 5) is 17.5. The topological polar surface area (TPSA) is 83.9 Å². The monoisotopic (exact) mass is 406 g/mol. The van der Waals surface area contributed by atoms with Crippen LogP contribution < -0.4 is 11.1 Å². The molecule has 1 aromatic rings. The summed E-state index contributed by atoms with van der Waals surface area (Å²) in [6.45, 7) is 4.81. The molecule has 0 spiro atoms. The van der Waals surface area contributed by atoms with Gasteiger partial charge in [0.15, 0.2) is 11.7 Å². The molecule has 0 bridgehead atoms. The number of aliphatic imine (C=N–C) groups is 1. The fourth-order valence-corrected chi connectivity index (χ4v) is 2.32. The van der Waals surface area contributed by atoms with Crippen molar-refractivity contribution < 1.29 is 9.21 Å². The predicted molar refractivity (Wildman–Crippen MR) is 92.8 cm³/mol. The second kappa shape index (κ2) is 8.26. The fourth-order valence-electron chi connectivity index (χ4n) is 2.32. The number of carbonyl (C=O) groups is 1. The van der Waals surface area contributed by atoms with Crippen LogP contribution in [-0.4, -0.2) is 36.9 Å². The lowest BCUT2D eigenvalue weighted by Crippen LogP contribution is -2.45. The summed E-state index contributed by atoms with van der Waals surface area (Å²) in [5.41, 5.74) is 5.15. The highest BCUT2D eigenvalue weighted by Gasteiger charge is 2.18. The molecule has 2 heterocycles. The molecule has 1 amide bonds. The van der Waals surface area contributed by atoms with Gasteiger partial charge in [-0.2, -0.15) is 0 Å². The van der Waals surface area contributed by atoms with Gasteiger partial charge >= 0.3 is 0 Å². The lowest BCUT2D eigenvalue weighted by molar-refractivity contribution is 0.0972. The van der Waals surface area contributed by atoms with Crippen molar-refractivity contribution in [3.05, 3.63) is 23.7 Å². The second-order valence-electron chi connectivity index (χ2n) is 5.20. The minimum absolute atomic E-state index is 0. The van der Waals surface area contributed by atoms with Gasteiger partial charge in [-0.05, 0) is 30.9 Å². The van der Waals surface area contributed by atoms with Crippen LogP contribution in [0.25, 0.3) is 0 Å². The van der Waals surface area contributed by atoms with Gasteiger partial charge in [-0.25, -0.2) is 0 Å². The van der Waals surface area contributed by atoms with Crippen LogP contribution in [-0.2, 0) is 6.54 Å². The van der Waals surface area contributed by atoms with Crippen molar-refractivity contribution in [3.63, 3.8) is 0 Å². The maximum absolute atomic E-state index is 11.0. The van der Waals surface area contributed by atoms with Gasteiger partial charge in [0.2, 0.25) is 0 Å². The molecule has 118 valence electrons. The first-order chi connectivity index (χ1) is 9.60. The van der Waals surface area contributed by atoms with Crippen molar-refractivity contribution >= 4 is 35.8 Å². The van der Waals surface area contributed by atoms with E-state index in [2.05, 4.69) is 22.1 Å². The lowest BCUT2D eigenvalue weighted by atomic mass is 10.00. The summed E-state index contributed by atoms with van der Waals surface area (Å²) in [6.07, 6.45) is 2.38. The van der Waals surface area contributed by atoms with Gasteiger partial charge in [-0.1, -0.05) is 6.92 Å². The number of guanidine groups is 1. The Morgan fingerprint density at radius 3 is 2.67 bits per heavy atom. The van der Waals surface area contributed by atoms with E-state index in [4.69, 9.17) is 10.2 Å². The number of carbonyl (C=O) groups excluding carboxylic acids is 1. The zero-order chi connectivity index (χ0) is 14.5. The third-order valence-corrected chi connectivity index (χ3v) is 3.62. The number of halogens is 1. The number of nitrogens with one attached hydrogen (secondary N) is 1. The number of amides is 1. The van der Waals surface area contributed by atoms with Crippen molar-refractivity contribution in [2.45, 2.75) is 26.3 Å². The number of rotatable bonds is 3. The smallest absolute Gasteiger partial charge is 0.284 e. The van der Waals surface area contributed by atoms with E-state index in [1.807, 2.05) is 0 Å². The SMILES string of the molecule is CN=C(NCc1ccc(C(N)=O)o1)N1CCC(C)CC1.I. The summed E-state index contributed by atoms with van der Waals surface area (Å²) in [5.74, 6) is 1.96. The Labute approximate surface area is 142 Å². The molecule has 7 heteroatoms. The largest absolute Gasteiger partial charge is 0.454 e. The van der Waals surface area contributed by atoms with Crippen LogP contribution in [0.4, 0.5) is 0 Å². The molecule has 6 nitrogen and oxygen atoms in total. The third kappa shape index (κ3) is 4.90. The van der Waals surface area contributed by atoms with E-state index in [9.17, 15) is 4.79 Å². The van der Waals surface area contributed by atoms with Gasteiger partial charge in [0.25, 0.3) is 5.91 Å². The number of hydrogen-bond acceptors (Lipinski definition) is 3. The maximum atomic E-state index is 11.0. The number of hydrogen-bond donors (Lipinski definition) is 2. The van der Waals surface area contributed by atoms with Crippen molar-refractivity contribution in [2.24, 2.45) is 16.6 Å². The number of likely N-dealkylation sites (tertiary alicyclic amines) is 1. The van der Waals surface area contributed by atoms with E-state index in [1.54, 1.807) is 19.2 Å². The molecule has 21 heavy (non-hydrogen) atoms. The zero-order valence-electron chi connectivity index (χ0n) is 12.5. The highest BCUT2D eigenvalue weighted by molar-refractivity contribution is 14.0. The third-order valence-electron chi connectivity index (χ3n) is 3.62. The van der Waals surface area contributed by atoms with E-state index in [0.29, 0.717) is 12.3 Å². The summed E-state index contributed by atoms with van der Waals surface area (Å²) in [7, 11) is 1.78. The van der Waals surface area contributed by atoms with Gasteiger partial charge in [-0.3, -0.25) is 9.79 Å². The van der Waals surface area contributed by atoms with Gasteiger partial charge in [0, 0.05) is 20.1 Å². The number of nitrogens with two attached hydrogens (primary N) is 1. The number of nitrogens with zero attached hydrogens (tertiary/aromatic N) is 2. The minimum atomic E-state index is -0.550. The normalized spacial score (nSPS) is 16.5. The van der Waals surface area contributed by atoms with Crippen molar-refractivity contribution in [1.29, 1.82) is 0 Å². The average Bonchev–Trinajstić information content (AvgIpc) is 2.90. The molecule has 0 aromatic carbocycles. The first-order valence-electron chi connectivity index (χ1n) is 6.94. The molecule has 0 radical (unpaired) electrons. The quantitative estimate of drug-likeness (QED) is 0.456. The van der Waals surface area contributed by atoms with Gasteiger partial charge in [-0.15, -0.1) is 24.0 Å². The Hall–Kier alpha value is -1.25. The number of furan rings is 1. The minimum Gasteiger partial charge on any atom is -0.454 e. The average molecular weight is 406 g/mol. The number of primary amides is 1. The number of piperidine rings is 1. The lowest BCUT2D eigenvalue weighted by Gasteiger charge is -2.32. The molecular formula is C14H23IN4O2. The maximum Gasteiger partial charge on any atom is 0.284 e. The van der Waals surface area contributed by atoms with Crippen LogP contribution in [0.15, 0.2) is 21.5 Å². The molecule has 2 rings (SSSR count). The van der Waals surface area contributed by atoms with Gasteiger partial charge < -0.3 is 20.4 Å². The zero-order valence-corrected chi connectivity index (χ0v) is 14.8. The van der Waals surface area contributed by atoms with E-state index in [0.717, 1.165) is 25.0 Å².